The van der Waals surface area contributed by atoms with Gasteiger partial charge in [0.1, 0.15) is 5.84 Å². The van der Waals surface area contributed by atoms with Crippen molar-refractivity contribution >= 4 is 30.6 Å². The van der Waals surface area contributed by atoms with Gasteiger partial charge in [0, 0.05) is 12.6 Å². The maximum Gasteiger partial charge on any atom is 0.107 e. The molecule has 0 aliphatic carbocycles. The molecule has 0 amide bonds. The molecule has 1 fully saturated rings. The molecule has 0 radical (unpaired) electrons. The van der Waals surface area contributed by atoms with E-state index in [-0.39, 0.29) is 24.8 Å². The van der Waals surface area contributed by atoms with Crippen molar-refractivity contribution in [2.45, 2.75) is 19.4 Å². The molecule has 0 aromatic carbocycles. The summed E-state index contributed by atoms with van der Waals surface area (Å²) in [5.74, 6) is 0.611. The van der Waals surface area contributed by atoms with Crippen LogP contribution in [0.1, 0.15) is 13.3 Å². The molecule has 11 heavy (non-hydrogen) atoms. The molecule has 1 aliphatic rings. The van der Waals surface area contributed by atoms with E-state index in [2.05, 4.69) is 17.6 Å². The lowest BCUT2D eigenvalue weighted by Gasteiger charge is -2.05. The molecule has 3 N–H and O–H groups in total. The van der Waals surface area contributed by atoms with Crippen LogP contribution in [0.3, 0.4) is 0 Å². The predicted molar refractivity (Wildman–Crippen MR) is 52.3 cm³/mol. The summed E-state index contributed by atoms with van der Waals surface area (Å²) in [7, 11) is 0. The first-order chi connectivity index (χ1) is 4.29. The van der Waals surface area contributed by atoms with Crippen LogP contribution in [0.4, 0.5) is 0 Å². The smallest absolute Gasteiger partial charge is 0.107 e. The summed E-state index contributed by atoms with van der Waals surface area (Å²) in [4.78, 5) is 0. The fourth-order valence-corrected chi connectivity index (χ4v) is 0.880. The van der Waals surface area contributed by atoms with Gasteiger partial charge >= 0.3 is 0 Å². The van der Waals surface area contributed by atoms with Crippen LogP contribution < -0.4 is 10.6 Å². The second-order valence-electron chi connectivity index (χ2n) is 2.48. The first-order valence-electron chi connectivity index (χ1n) is 3.33. The van der Waals surface area contributed by atoms with Crippen LogP contribution in [0, 0.1) is 5.41 Å². The number of nitrogens with one attached hydrogen (secondary N) is 3. The molecule has 5 heteroatoms. The van der Waals surface area contributed by atoms with Crippen LogP contribution in [0.2, 0.25) is 0 Å². The highest BCUT2D eigenvalue weighted by atomic mass is 35.5. The Bertz CT molecular complexity index is 118. The quantitative estimate of drug-likeness (QED) is 0.541. The van der Waals surface area contributed by atoms with Crippen molar-refractivity contribution in [1.82, 2.24) is 10.6 Å². The zero-order valence-corrected chi connectivity index (χ0v) is 8.15. The van der Waals surface area contributed by atoms with E-state index in [0.717, 1.165) is 13.0 Å². The molecular formula is C6H15Cl2N3. The molecule has 1 saturated heterocycles. The van der Waals surface area contributed by atoms with E-state index in [1.807, 2.05) is 0 Å². The third kappa shape index (κ3) is 5.30. The lowest BCUT2D eigenvalue weighted by atomic mass is 10.2. The van der Waals surface area contributed by atoms with Gasteiger partial charge in [-0.15, -0.1) is 24.8 Å². The standard InChI is InChI=1S/C6H13N3.2ClH/c1-5-2-3-8-6(7)4-9-5;;/h5,9H,2-4H2,1H3,(H2,7,8);2*1H. The Morgan fingerprint density at radius 3 is 2.73 bits per heavy atom. The normalized spacial score (nSPS) is 23.7. The Balaban J connectivity index is 0. The van der Waals surface area contributed by atoms with Crippen molar-refractivity contribution in [2.75, 3.05) is 13.1 Å². The molecule has 0 aromatic rings. The van der Waals surface area contributed by atoms with Crippen molar-refractivity contribution < 1.29 is 0 Å². The third-order valence-corrected chi connectivity index (χ3v) is 1.54. The van der Waals surface area contributed by atoms with Crippen molar-refractivity contribution in [3.05, 3.63) is 0 Å². The number of halogens is 2. The van der Waals surface area contributed by atoms with E-state index < -0.39 is 0 Å². The fraction of sp³-hybridized carbons (Fsp3) is 0.833. The molecule has 3 nitrogen and oxygen atoms in total. The van der Waals surface area contributed by atoms with E-state index in [1.54, 1.807) is 0 Å². The highest BCUT2D eigenvalue weighted by Gasteiger charge is 2.06. The summed E-state index contributed by atoms with van der Waals surface area (Å²) in [5, 5.41) is 13.4. The van der Waals surface area contributed by atoms with Crippen molar-refractivity contribution in [1.29, 1.82) is 5.41 Å². The zero-order chi connectivity index (χ0) is 6.69. The highest BCUT2D eigenvalue weighted by molar-refractivity contribution is 5.85. The van der Waals surface area contributed by atoms with Crippen LogP contribution in [0.5, 0.6) is 0 Å². The van der Waals surface area contributed by atoms with Gasteiger partial charge < -0.3 is 10.6 Å². The Kier molecular flexibility index (Phi) is 8.28. The van der Waals surface area contributed by atoms with E-state index >= 15 is 0 Å². The SMILES string of the molecule is CC1CCNC(=N)CN1.Cl.Cl. The summed E-state index contributed by atoms with van der Waals surface area (Å²) in [6.45, 7) is 3.77. The Labute approximate surface area is 79.6 Å². The first kappa shape index (κ1) is 13.6. The summed E-state index contributed by atoms with van der Waals surface area (Å²) in [5.41, 5.74) is 0. The maximum absolute atomic E-state index is 7.24. The largest absolute Gasteiger partial charge is 0.373 e. The zero-order valence-electron chi connectivity index (χ0n) is 6.52. The maximum atomic E-state index is 7.24. The Hall–Kier alpha value is 0.01000. The second-order valence-corrected chi connectivity index (χ2v) is 2.48. The van der Waals surface area contributed by atoms with Crippen molar-refractivity contribution in [3.63, 3.8) is 0 Å². The topological polar surface area (TPSA) is 47.9 Å². The summed E-state index contributed by atoms with van der Waals surface area (Å²) < 4.78 is 0. The molecule has 1 rings (SSSR count). The van der Waals surface area contributed by atoms with E-state index in [0.29, 0.717) is 18.4 Å². The van der Waals surface area contributed by atoms with E-state index in [1.165, 1.54) is 0 Å². The van der Waals surface area contributed by atoms with Crippen LogP contribution in [0.15, 0.2) is 0 Å². The van der Waals surface area contributed by atoms with Gasteiger partial charge in [0.2, 0.25) is 0 Å². The van der Waals surface area contributed by atoms with Crippen molar-refractivity contribution in [3.8, 4) is 0 Å². The van der Waals surface area contributed by atoms with Gasteiger partial charge in [-0.05, 0) is 13.3 Å². The minimum Gasteiger partial charge on any atom is -0.373 e. The molecule has 0 saturated carbocycles. The Morgan fingerprint density at radius 1 is 1.45 bits per heavy atom. The minimum absolute atomic E-state index is 0. The molecular weight excluding hydrogens is 185 g/mol. The van der Waals surface area contributed by atoms with Gasteiger partial charge in [-0.1, -0.05) is 0 Å². The molecule has 0 spiro atoms. The molecule has 0 bridgehead atoms. The lowest BCUT2D eigenvalue weighted by Crippen LogP contribution is -2.30. The summed E-state index contributed by atoms with van der Waals surface area (Å²) in [6.07, 6.45) is 1.11. The first-order valence-corrected chi connectivity index (χ1v) is 3.33. The number of hydrogen-bond acceptors (Lipinski definition) is 2. The summed E-state index contributed by atoms with van der Waals surface area (Å²) >= 11 is 0. The molecule has 1 heterocycles. The molecule has 0 aromatic heterocycles. The minimum atomic E-state index is 0. The average molecular weight is 200 g/mol. The predicted octanol–water partition coefficient (Wildman–Crippen LogP) is 0.779. The van der Waals surface area contributed by atoms with E-state index in [4.69, 9.17) is 5.41 Å². The Morgan fingerprint density at radius 2 is 2.09 bits per heavy atom. The van der Waals surface area contributed by atoms with Crippen molar-refractivity contribution in [2.24, 2.45) is 0 Å². The van der Waals surface area contributed by atoms with Gasteiger partial charge in [0.05, 0.1) is 6.54 Å². The van der Waals surface area contributed by atoms with Gasteiger partial charge in [0.25, 0.3) is 0 Å². The van der Waals surface area contributed by atoms with Gasteiger partial charge in [-0.2, -0.15) is 0 Å². The van der Waals surface area contributed by atoms with Crippen LogP contribution in [0.25, 0.3) is 0 Å². The van der Waals surface area contributed by atoms with Gasteiger partial charge in [0.15, 0.2) is 0 Å². The summed E-state index contributed by atoms with van der Waals surface area (Å²) in [6, 6.07) is 0.556. The van der Waals surface area contributed by atoms with Crippen LogP contribution in [-0.2, 0) is 0 Å². The number of hydrogen-bond donors (Lipinski definition) is 3. The van der Waals surface area contributed by atoms with E-state index in [9.17, 15) is 0 Å². The average Bonchev–Trinajstić information content (AvgIpc) is 1.97. The van der Waals surface area contributed by atoms with Gasteiger partial charge in [-0.25, -0.2) is 0 Å². The third-order valence-electron chi connectivity index (χ3n) is 1.54. The molecule has 1 atom stereocenters. The number of amidine groups is 1. The number of rotatable bonds is 0. The highest BCUT2D eigenvalue weighted by Crippen LogP contribution is 1.90. The second kappa shape index (κ2) is 6.70. The molecule has 68 valence electrons. The lowest BCUT2D eigenvalue weighted by molar-refractivity contribution is 0.569. The molecule has 1 unspecified atom stereocenters. The fourth-order valence-electron chi connectivity index (χ4n) is 0.880. The van der Waals surface area contributed by atoms with Crippen LogP contribution in [-0.4, -0.2) is 25.0 Å². The monoisotopic (exact) mass is 199 g/mol. The van der Waals surface area contributed by atoms with Gasteiger partial charge in [-0.3, -0.25) is 5.41 Å². The molecule has 1 aliphatic heterocycles. The van der Waals surface area contributed by atoms with Crippen LogP contribution >= 0.6 is 24.8 Å².